The Morgan fingerprint density at radius 1 is 0.970 bits per heavy atom. The SMILES string of the molecule is Cc1ccc(C(=O)NCCOc2cccc(CN(C)Cc3cccc4cccnc34)c2)cc1. The monoisotopic (exact) mass is 439 g/mol. The van der Waals surface area contributed by atoms with E-state index in [-0.39, 0.29) is 5.91 Å². The van der Waals surface area contributed by atoms with Gasteiger partial charge in [0.15, 0.2) is 0 Å². The number of para-hydroxylation sites is 1. The van der Waals surface area contributed by atoms with Gasteiger partial charge in [0.2, 0.25) is 0 Å². The van der Waals surface area contributed by atoms with E-state index in [1.807, 2.05) is 55.6 Å². The molecule has 0 aliphatic rings. The lowest BCUT2D eigenvalue weighted by atomic mass is 10.1. The number of carbonyl (C=O) groups excluding carboxylic acids is 1. The second-order valence-electron chi connectivity index (χ2n) is 8.28. The fraction of sp³-hybridized carbons (Fsp3) is 0.214. The summed E-state index contributed by atoms with van der Waals surface area (Å²) in [6, 6.07) is 26.0. The zero-order chi connectivity index (χ0) is 23.0. The van der Waals surface area contributed by atoms with Crippen LogP contribution in [0.5, 0.6) is 5.75 Å². The number of nitrogens with zero attached hydrogens (tertiary/aromatic N) is 2. The van der Waals surface area contributed by atoms with Crippen LogP contribution in [0, 0.1) is 6.92 Å². The molecule has 0 saturated heterocycles. The number of rotatable bonds is 9. The van der Waals surface area contributed by atoms with Gasteiger partial charge in [0, 0.05) is 30.2 Å². The Hall–Kier alpha value is -3.70. The quantitative estimate of drug-likeness (QED) is 0.374. The minimum atomic E-state index is -0.0862. The van der Waals surface area contributed by atoms with Crippen LogP contribution in [0.2, 0.25) is 0 Å². The summed E-state index contributed by atoms with van der Waals surface area (Å²) in [5.41, 5.74) is 5.23. The molecule has 1 aromatic heterocycles. The van der Waals surface area contributed by atoms with Crippen molar-refractivity contribution in [3.63, 3.8) is 0 Å². The Labute approximate surface area is 195 Å². The fourth-order valence-corrected chi connectivity index (χ4v) is 3.83. The summed E-state index contributed by atoms with van der Waals surface area (Å²) >= 11 is 0. The van der Waals surface area contributed by atoms with Gasteiger partial charge < -0.3 is 10.1 Å². The van der Waals surface area contributed by atoms with Crippen LogP contribution in [-0.2, 0) is 13.1 Å². The Kier molecular flexibility index (Phi) is 7.33. The molecule has 4 rings (SSSR count). The van der Waals surface area contributed by atoms with Crippen LogP contribution < -0.4 is 10.1 Å². The largest absolute Gasteiger partial charge is 0.492 e. The van der Waals surface area contributed by atoms with E-state index < -0.39 is 0 Å². The average molecular weight is 440 g/mol. The molecule has 4 aromatic rings. The molecule has 0 aliphatic heterocycles. The topological polar surface area (TPSA) is 54.5 Å². The molecule has 168 valence electrons. The van der Waals surface area contributed by atoms with Crippen LogP contribution in [0.4, 0.5) is 0 Å². The summed E-state index contributed by atoms with van der Waals surface area (Å²) in [5.74, 6) is 0.717. The van der Waals surface area contributed by atoms with Gasteiger partial charge in [-0.3, -0.25) is 14.7 Å². The lowest BCUT2D eigenvalue weighted by Gasteiger charge is -2.18. The van der Waals surface area contributed by atoms with Gasteiger partial charge in [-0.05, 0) is 55.4 Å². The van der Waals surface area contributed by atoms with Gasteiger partial charge in [0.05, 0.1) is 12.1 Å². The van der Waals surface area contributed by atoms with Crippen LogP contribution in [0.25, 0.3) is 10.9 Å². The van der Waals surface area contributed by atoms with Gasteiger partial charge in [0.1, 0.15) is 12.4 Å². The molecule has 33 heavy (non-hydrogen) atoms. The predicted octanol–water partition coefficient (Wildman–Crippen LogP) is 4.98. The molecule has 5 heteroatoms. The van der Waals surface area contributed by atoms with E-state index in [4.69, 9.17) is 4.74 Å². The third kappa shape index (κ3) is 6.18. The molecule has 5 nitrogen and oxygen atoms in total. The van der Waals surface area contributed by atoms with Gasteiger partial charge in [-0.2, -0.15) is 0 Å². The predicted molar refractivity (Wildman–Crippen MR) is 132 cm³/mol. The zero-order valence-corrected chi connectivity index (χ0v) is 19.1. The van der Waals surface area contributed by atoms with Crippen molar-refractivity contribution in [3.8, 4) is 5.75 Å². The van der Waals surface area contributed by atoms with Crippen molar-refractivity contribution in [2.24, 2.45) is 0 Å². The molecule has 1 heterocycles. The number of ether oxygens (including phenoxy) is 1. The van der Waals surface area contributed by atoms with Gasteiger partial charge in [-0.1, -0.05) is 54.1 Å². The van der Waals surface area contributed by atoms with Gasteiger partial charge in [0.25, 0.3) is 5.91 Å². The van der Waals surface area contributed by atoms with Crippen molar-refractivity contribution in [2.75, 3.05) is 20.2 Å². The van der Waals surface area contributed by atoms with Crippen molar-refractivity contribution in [3.05, 3.63) is 107 Å². The zero-order valence-electron chi connectivity index (χ0n) is 19.1. The van der Waals surface area contributed by atoms with Crippen LogP contribution in [0.1, 0.15) is 27.0 Å². The van der Waals surface area contributed by atoms with Gasteiger partial charge in [-0.25, -0.2) is 0 Å². The molecule has 0 atom stereocenters. The van der Waals surface area contributed by atoms with E-state index in [1.165, 1.54) is 11.1 Å². The Morgan fingerprint density at radius 2 is 1.76 bits per heavy atom. The second kappa shape index (κ2) is 10.7. The number of pyridine rings is 1. The lowest BCUT2D eigenvalue weighted by molar-refractivity contribution is 0.0947. The van der Waals surface area contributed by atoms with Crippen molar-refractivity contribution in [1.29, 1.82) is 0 Å². The van der Waals surface area contributed by atoms with Crippen LogP contribution >= 0.6 is 0 Å². The highest BCUT2D eigenvalue weighted by molar-refractivity contribution is 5.94. The molecule has 0 bridgehead atoms. The first-order valence-corrected chi connectivity index (χ1v) is 11.2. The smallest absolute Gasteiger partial charge is 0.251 e. The van der Waals surface area contributed by atoms with Crippen LogP contribution in [0.3, 0.4) is 0 Å². The van der Waals surface area contributed by atoms with Crippen LogP contribution in [-0.4, -0.2) is 36.0 Å². The Balaban J connectivity index is 1.27. The molecule has 0 spiro atoms. The highest BCUT2D eigenvalue weighted by atomic mass is 16.5. The standard InChI is InChI=1S/C28H29N3O2/c1-21-11-13-24(14-12-21)28(32)30-16-17-33-26-10-3-6-22(18-26)19-31(2)20-25-8-4-7-23-9-5-15-29-27(23)25/h3-15,18H,16-17,19-20H2,1-2H3,(H,30,32). The molecule has 0 radical (unpaired) electrons. The fourth-order valence-electron chi connectivity index (χ4n) is 3.83. The Bertz CT molecular complexity index is 1220. The van der Waals surface area contributed by atoms with E-state index >= 15 is 0 Å². The van der Waals surface area contributed by atoms with Crippen LogP contribution in [0.15, 0.2) is 85.1 Å². The molecule has 0 unspecified atom stereocenters. The summed E-state index contributed by atoms with van der Waals surface area (Å²) in [6.07, 6.45) is 1.84. The number of amides is 1. The maximum absolute atomic E-state index is 12.2. The van der Waals surface area contributed by atoms with Crippen molar-refractivity contribution in [2.45, 2.75) is 20.0 Å². The molecule has 1 amide bonds. The lowest BCUT2D eigenvalue weighted by Crippen LogP contribution is -2.28. The molecule has 0 aliphatic carbocycles. The number of nitrogens with one attached hydrogen (secondary N) is 1. The first-order chi connectivity index (χ1) is 16.1. The number of carbonyl (C=O) groups is 1. The van der Waals surface area contributed by atoms with E-state index in [0.717, 1.165) is 35.3 Å². The number of fused-ring (bicyclic) bond motifs is 1. The van der Waals surface area contributed by atoms with E-state index in [0.29, 0.717) is 18.7 Å². The first kappa shape index (κ1) is 22.5. The minimum absolute atomic E-state index is 0.0862. The Morgan fingerprint density at radius 3 is 2.61 bits per heavy atom. The van der Waals surface area contributed by atoms with Crippen molar-refractivity contribution >= 4 is 16.8 Å². The van der Waals surface area contributed by atoms with E-state index in [1.54, 1.807) is 0 Å². The normalized spacial score (nSPS) is 11.0. The number of benzene rings is 3. The van der Waals surface area contributed by atoms with Gasteiger partial charge >= 0.3 is 0 Å². The summed E-state index contributed by atoms with van der Waals surface area (Å²) < 4.78 is 5.87. The molecular formula is C28H29N3O2. The second-order valence-corrected chi connectivity index (χ2v) is 8.28. The van der Waals surface area contributed by atoms with Gasteiger partial charge in [-0.15, -0.1) is 0 Å². The number of hydrogen-bond donors (Lipinski definition) is 1. The number of aromatic nitrogens is 1. The highest BCUT2D eigenvalue weighted by Crippen LogP contribution is 2.19. The molecule has 0 saturated carbocycles. The minimum Gasteiger partial charge on any atom is -0.492 e. The average Bonchev–Trinajstić information content (AvgIpc) is 2.82. The summed E-state index contributed by atoms with van der Waals surface area (Å²) in [4.78, 5) is 19.0. The maximum Gasteiger partial charge on any atom is 0.251 e. The third-order valence-electron chi connectivity index (χ3n) is 5.48. The van der Waals surface area contributed by atoms with E-state index in [2.05, 4.69) is 58.6 Å². The van der Waals surface area contributed by atoms with Crippen molar-refractivity contribution < 1.29 is 9.53 Å². The summed E-state index contributed by atoms with van der Waals surface area (Å²) in [5, 5.41) is 4.06. The van der Waals surface area contributed by atoms with Crippen molar-refractivity contribution in [1.82, 2.24) is 15.2 Å². The summed E-state index contributed by atoms with van der Waals surface area (Å²) in [7, 11) is 2.11. The number of hydrogen-bond acceptors (Lipinski definition) is 4. The maximum atomic E-state index is 12.2. The number of aryl methyl sites for hydroxylation is 1. The molecule has 3 aromatic carbocycles. The molecule has 0 fully saturated rings. The highest BCUT2D eigenvalue weighted by Gasteiger charge is 2.08. The van der Waals surface area contributed by atoms with E-state index in [9.17, 15) is 4.79 Å². The molecule has 1 N–H and O–H groups in total. The molecular weight excluding hydrogens is 410 g/mol. The third-order valence-corrected chi connectivity index (χ3v) is 5.48. The first-order valence-electron chi connectivity index (χ1n) is 11.2. The summed E-state index contributed by atoms with van der Waals surface area (Å²) in [6.45, 7) is 4.47.